The molecule has 0 radical (unpaired) electrons. The van der Waals surface area contributed by atoms with E-state index in [1.165, 1.54) is 0 Å². The number of nitrogens with one attached hydrogen (secondary N) is 1. The van der Waals surface area contributed by atoms with Crippen LogP contribution in [0.2, 0.25) is 0 Å². The van der Waals surface area contributed by atoms with E-state index in [1.54, 1.807) is 0 Å². The summed E-state index contributed by atoms with van der Waals surface area (Å²) in [6, 6.07) is 7.73. The first-order valence-corrected chi connectivity index (χ1v) is 5.93. The number of carbonyl (C=O) groups excluding carboxylic acids is 1. The first kappa shape index (κ1) is 11.9. The molecule has 1 aromatic carbocycles. The molecule has 3 heteroatoms. The van der Waals surface area contributed by atoms with Crippen LogP contribution >= 0.6 is 0 Å². The Morgan fingerprint density at radius 2 is 2.24 bits per heavy atom. The maximum absolute atomic E-state index is 12.2. The first-order valence-electron chi connectivity index (χ1n) is 5.93. The molecule has 0 saturated carbocycles. The van der Waals surface area contributed by atoms with Crippen LogP contribution in [0.4, 0.5) is 0 Å². The fraction of sp³-hybridized carbons (Fsp3) is 0.357. The quantitative estimate of drug-likeness (QED) is 0.787. The molecule has 1 N–H and O–H groups in total. The molecule has 3 nitrogen and oxygen atoms in total. The van der Waals surface area contributed by atoms with Crippen molar-refractivity contribution in [3.8, 4) is 0 Å². The van der Waals surface area contributed by atoms with Gasteiger partial charge in [-0.2, -0.15) is 0 Å². The number of rotatable bonds is 5. The molecule has 1 heterocycles. The van der Waals surface area contributed by atoms with Gasteiger partial charge in [0, 0.05) is 12.0 Å². The normalized spacial score (nSPS) is 14.3. The number of likely N-dealkylation sites (N-methyl/N-ethyl adjacent to an activating group) is 1. The zero-order valence-electron chi connectivity index (χ0n) is 10.0. The minimum absolute atomic E-state index is 0.00852. The van der Waals surface area contributed by atoms with Crippen LogP contribution in [0.5, 0.6) is 0 Å². The smallest absolute Gasteiger partial charge is 0.227 e. The van der Waals surface area contributed by atoms with Crippen molar-refractivity contribution in [1.82, 2.24) is 5.32 Å². The van der Waals surface area contributed by atoms with Gasteiger partial charge in [-0.05, 0) is 31.7 Å². The number of benzene rings is 1. The second kappa shape index (κ2) is 5.64. The molecule has 1 aliphatic heterocycles. The SMILES string of the molecule is CNCCc1ccccc1C(=O)C1=CCCO1. The summed E-state index contributed by atoms with van der Waals surface area (Å²) in [7, 11) is 1.91. The topological polar surface area (TPSA) is 38.3 Å². The Morgan fingerprint density at radius 1 is 1.41 bits per heavy atom. The third-order valence-electron chi connectivity index (χ3n) is 2.84. The van der Waals surface area contributed by atoms with E-state index in [-0.39, 0.29) is 5.78 Å². The molecule has 1 aromatic rings. The van der Waals surface area contributed by atoms with Crippen LogP contribution in [-0.4, -0.2) is 26.0 Å². The highest BCUT2D eigenvalue weighted by molar-refractivity contribution is 6.08. The fourth-order valence-corrected chi connectivity index (χ4v) is 1.93. The standard InChI is InChI=1S/C14H17NO2/c1-15-9-8-11-5-2-3-6-12(11)14(16)13-7-4-10-17-13/h2-3,5-7,15H,4,8-10H2,1H3. The van der Waals surface area contributed by atoms with Gasteiger partial charge in [0.1, 0.15) is 0 Å². The van der Waals surface area contributed by atoms with E-state index in [1.807, 2.05) is 37.4 Å². The lowest BCUT2D eigenvalue weighted by molar-refractivity contribution is 0.0941. The van der Waals surface area contributed by atoms with Crippen LogP contribution in [0, 0.1) is 0 Å². The Morgan fingerprint density at radius 3 is 2.94 bits per heavy atom. The Hall–Kier alpha value is -1.61. The molecule has 90 valence electrons. The van der Waals surface area contributed by atoms with Gasteiger partial charge in [-0.3, -0.25) is 4.79 Å². The van der Waals surface area contributed by atoms with Crippen LogP contribution in [0.3, 0.4) is 0 Å². The summed E-state index contributed by atoms with van der Waals surface area (Å²) in [6.45, 7) is 1.49. The summed E-state index contributed by atoms with van der Waals surface area (Å²) >= 11 is 0. The van der Waals surface area contributed by atoms with E-state index in [0.29, 0.717) is 12.4 Å². The average molecular weight is 231 g/mol. The molecular weight excluding hydrogens is 214 g/mol. The molecule has 0 aliphatic carbocycles. The van der Waals surface area contributed by atoms with Gasteiger partial charge >= 0.3 is 0 Å². The van der Waals surface area contributed by atoms with Crippen molar-refractivity contribution < 1.29 is 9.53 Å². The van der Waals surface area contributed by atoms with Crippen molar-refractivity contribution in [3.63, 3.8) is 0 Å². The number of ether oxygens (including phenoxy) is 1. The zero-order valence-corrected chi connectivity index (χ0v) is 10.0. The largest absolute Gasteiger partial charge is 0.489 e. The van der Waals surface area contributed by atoms with Crippen molar-refractivity contribution in [2.45, 2.75) is 12.8 Å². The van der Waals surface area contributed by atoms with Gasteiger partial charge in [0.25, 0.3) is 0 Å². The molecule has 0 saturated heterocycles. The van der Waals surface area contributed by atoms with Crippen LogP contribution in [0.1, 0.15) is 22.3 Å². The second-order valence-electron chi connectivity index (χ2n) is 4.05. The Kier molecular flexibility index (Phi) is 3.94. The number of ketones is 1. The molecule has 0 amide bonds. The Bertz CT molecular complexity index is 438. The van der Waals surface area contributed by atoms with Gasteiger partial charge < -0.3 is 10.1 Å². The summed E-state index contributed by atoms with van der Waals surface area (Å²) in [5, 5.41) is 3.09. The molecule has 0 fully saturated rings. The molecule has 0 aromatic heterocycles. The Balaban J connectivity index is 2.21. The monoisotopic (exact) mass is 231 g/mol. The van der Waals surface area contributed by atoms with E-state index in [4.69, 9.17) is 4.74 Å². The minimum atomic E-state index is 0.00852. The van der Waals surface area contributed by atoms with Gasteiger partial charge in [0.15, 0.2) is 5.76 Å². The highest BCUT2D eigenvalue weighted by Gasteiger charge is 2.19. The zero-order chi connectivity index (χ0) is 12.1. The van der Waals surface area contributed by atoms with Crippen LogP contribution in [0.15, 0.2) is 36.1 Å². The van der Waals surface area contributed by atoms with E-state index >= 15 is 0 Å². The van der Waals surface area contributed by atoms with Crippen LogP contribution in [-0.2, 0) is 11.2 Å². The highest BCUT2D eigenvalue weighted by atomic mass is 16.5. The predicted molar refractivity (Wildman–Crippen MR) is 67.1 cm³/mol. The first-order chi connectivity index (χ1) is 8.33. The molecular formula is C14H17NO2. The van der Waals surface area contributed by atoms with E-state index < -0.39 is 0 Å². The van der Waals surface area contributed by atoms with Crippen molar-refractivity contribution in [1.29, 1.82) is 0 Å². The van der Waals surface area contributed by atoms with Crippen molar-refractivity contribution in [2.75, 3.05) is 20.2 Å². The second-order valence-corrected chi connectivity index (χ2v) is 4.05. The molecule has 2 rings (SSSR count). The van der Waals surface area contributed by atoms with Gasteiger partial charge in [-0.15, -0.1) is 0 Å². The summed E-state index contributed by atoms with van der Waals surface area (Å²) in [4.78, 5) is 12.2. The maximum atomic E-state index is 12.2. The van der Waals surface area contributed by atoms with Gasteiger partial charge in [0.2, 0.25) is 5.78 Å². The van der Waals surface area contributed by atoms with Crippen molar-refractivity contribution >= 4 is 5.78 Å². The number of allylic oxidation sites excluding steroid dienone is 1. The third kappa shape index (κ3) is 2.74. The number of hydrogen-bond donors (Lipinski definition) is 1. The predicted octanol–water partition coefficient (Wildman–Crippen LogP) is 1.94. The molecule has 0 atom stereocenters. The number of Topliss-reactive ketones (excluding diaryl/α,β-unsaturated/α-hetero) is 1. The van der Waals surface area contributed by atoms with Crippen molar-refractivity contribution in [3.05, 3.63) is 47.2 Å². The minimum Gasteiger partial charge on any atom is -0.489 e. The molecule has 0 unspecified atom stereocenters. The van der Waals surface area contributed by atoms with E-state index in [2.05, 4.69) is 5.32 Å². The Labute approximate surface area is 101 Å². The molecule has 0 spiro atoms. The van der Waals surface area contributed by atoms with Crippen molar-refractivity contribution in [2.24, 2.45) is 0 Å². The summed E-state index contributed by atoms with van der Waals surface area (Å²) in [5.74, 6) is 0.510. The van der Waals surface area contributed by atoms with Crippen LogP contribution < -0.4 is 5.32 Å². The van der Waals surface area contributed by atoms with E-state index in [9.17, 15) is 4.79 Å². The fourth-order valence-electron chi connectivity index (χ4n) is 1.93. The summed E-state index contributed by atoms with van der Waals surface area (Å²) in [6.07, 6.45) is 3.56. The van der Waals surface area contributed by atoms with E-state index in [0.717, 1.165) is 30.5 Å². The van der Waals surface area contributed by atoms with Gasteiger partial charge in [-0.1, -0.05) is 24.3 Å². The third-order valence-corrected chi connectivity index (χ3v) is 2.84. The maximum Gasteiger partial charge on any atom is 0.227 e. The lowest BCUT2D eigenvalue weighted by atomic mass is 10.00. The van der Waals surface area contributed by atoms with Gasteiger partial charge in [-0.25, -0.2) is 0 Å². The number of hydrogen-bond acceptors (Lipinski definition) is 3. The highest BCUT2D eigenvalue weighted by Crippen LogP contribution is 2.18. The molecule has 0 bridgehead atoms. The molecule has 1 aliphatic rings. The summed E-state index contributed by atoms with van der Waals surface area (Å²) < 4.78 is 5.32. The summed E-state index contributed by atoms with van der Waals surface area (Å²) in [5.41, 5.74) is 1.83. The number of carbonyl (C=O) groups is 1. The lowest BCUT2D eigenvalue weighted by Gasteiger charge is -2.09. The lowest BCUT2D eigenvalue weighted by Crippen LogP contribution is -2.14. The average Bonchev–Trinajstić information content (AvgIpc) is 2.89. The van der Waals surface area contributed by atoms with Crippen LogP contribution in [0.25, 0.3) is 0 Å². The van der Waals surface area contributed by atoms with Gasteiger partial charge in [0.05, 0.1) is 6.61 Å². The molecule has 17 heavy (non-hydrogen) atoms.